The van der Waals surface area contributed by atoms with Crippen molar-refractivity contribution in [2.45, 2.75) is 19.4 Å². The third kappa shape index (κ3) is 2.56. The number of hydrogen-bond acceptors (Lipinski definition) is 2. The van der Waals surface area contributed by atoms with Gasteiger partial charge in [-0.15, -0.1) is 0 Å². The lowest BCUT2D eigenvalue weighted by molar-refractivity contribution is -0.127. The Balaban J connectivity index is 2.62. The van der Waals surface area contributed by atoms with Gasteiger partial charge >= 0.3 is 0 Å². The fourth-order valence-electron chi connectivity index (χ4n) is 1.82. The summed E-state index contributed by atoms with van der Waals surface area (Å²) in [5, 5.41) is 0. The van der Waals surface area contributed by atoms with Crippen molar-refractivity contribution in [3.8, 4) is 0 Å². The SMILES string of the molecule is C=CC(=O)N1CCCN(C)C[C@H]1C. The first-order chi connectivity index (χ1) is 6.15. The first kappa shape index (κ1) is 10.3. The summed E-state index contributed by atoms with van der Waals surface area (Å²) in [4.78, 5) is 15.6. The van der Waals surface area contributed by atoms with Gasteiger partial charge in [-0.1, -0.05) is 6.58 Å². The summed E-state index contributed by atoms with van der Waals surface area (Å²) in [6.45, 7) is 8.49. The van der Waals surface area contributed by atoms with E-state index in [1.807, 2.05) is 4.90 Å². The molecule has 0 bridgehead atoms. The summed E-state index contributed by atoms with van der Waals surface area (Å²) < 4.78 is 0. The maximum absolute atomic E-state index is 11.4. The maximum atomic E-state index is 11.4. The van der Waals surface area contributed by atoms with Crippen LogP contribution >= 0.6 is 0 Å². The average molecular weight is 182 g/mol. The Morgan fingerprint density at radius 1 is 1.54 bits per heavy atom. The molecule has 0 N–H and O–H groups in total. The molecule has 0 radical (unpaired) electrons. The van der Waals surface area contributed by atoms with Gasteiger partial charge in [0.1, 0.15) is 0 Å². The van der Waals surface area contributed by atoms with Gasteiger partial charge in [-0.25, -0.2) is 0 Å². The molecule has 1 saturated heterocycles. The van der Waals surface area contributed by atoms with Gasteiger partial charge in [-0.3, -0.25) is 4.79 Å². The van der Waals surface area contributed by atoms with Crippen molar-refractivity contribution in [3.05, 3.63) is 12.7 Å². The third-order valence-corrected chi connectivity index (χ3v) is 2.50. The largest absolute Gasteiger partial charge is 0.335 e. The number of nitrogens with zero attached hydrogens (tertiary/aromatic N) is 2. The highest BCUT2D eigenvalue weighted by molar-refractivity contribution is 5.87. The van der Waals surface area contributed by atoms with Crippen molar-refractivity contribution in [2.24, 2.45) is 0 Å². The predicted molar refractivity (Wildman–Crippen MR) is 53.5 cm³/mol. The molecule has 13 heavy (non-hydrogen) atoms. The molecular formula is C10H18N2O. The summed E-state index contributed by atoms with van der Waals surface area (Å²) in [5.41, 5.74) is 0. The molecule has 0 aromatic carbocycles. The van der Waals surface area contributed by atoms with Crippen molar-refractivity contribution < 1.29 is 4.79 Å². The molecule has 3 heteroatoms. The molecule has 1 fully saturated rings. The van der Waals surface area contributed by atoms with Crippen LogP contribution in [0.1, 0.15) is 13.3 Å². The van der Waals surface area contributed by atoms with Gasteiger partial charge in [0.25, 0.3) is 0 Å². The first-order valence-electron chi connectivity index (χ1n) is 4.76. The second-order valence-corrected chi connectivity index (χ2v) is 3.70. The second kappa shape index (κ2) is 4.42. The van der Waals surface area contributed by atoms with E-state index in [1.54, 1.807) is 0 Å². The first-order valence-corrected chi connectivity index (χ1v) is 4.76. The Hall–Kier alpha value is -0.830. The van der Waals surface area contributed by atoms with Crippen molar-refractivity contribution in [1.29, 1.82) is 0 Å². The van der Waals surface area contributed by atoms with Crippen LogP contribution in [0.25, 0.3) is 0 Å². The number of hydrogen-bond donors (Lipinski definition) is 0. The molecule has 1 atom stereocenters. The number of rotatable bonds is 1. The van der Waals surface area contributed by atoms with Crippen LogP contribution in [0.2, 0.25) is 0 Å². The van der Waals surface area contributed by atoms with Crippen LogP contribution in [0.15, 0.2) is 12.7 Å². The van der Waals surface area contributed by atoms with E-state index < -0.39 is 0 Å². The van der Waals surface area contributed by atoms with Gasteiger partial charge in [0.15, 0.2) is 0 Å². The molecule has 1 aliphatic heterocycles. The van der Waals surface area contributed by atoms with E-state index >= 15 is 0 Å². The van der Waals surface area contributed by atoms with Crippen LogP contribution in [0.5, 0.6) is 0 Å². The van der Waals surface area contributed by atoms with Crippen molar-refractivity contribution >= 4 is 5.91 Å². The zero-order valence-corrected chi connectivity index (χ0v) is 8.49. The third-order valence-electron chi connectivity index (χ3n) is 2.50. The van der Waals surface area contributed by atoms with Crippen molar-refractivity contribution in [1.82, 2.24) is 9.80 Å². The number of carbonyl (C=O) groups excluding carboxylic acids is 1. The normalized spacial score (nSPS) is 25.4. The molecular weight excluding hydrogens is 164 g/mol. The lowest BCUT2D eigenvalue weighted by atomic mass is 10.2. The van der Waals surface area contributed by atoms with E-state index in [0.29, 0.717) is 6.04 Å². The molecule has 1 aliphatic rings. The van der Waals surface area contributed by atoms with Gasteiger partial charge < -0.3 is 9.80 Å². The second-order valence-electron chi connectivity index (χ2n) is 3.70. The fraction of sp³-hybridized carbons (Fsp3) is 0.700. The molecule has 0 spiro atoms. The molecule has 3 nitrogen and oxygen atoms in total. The quantitative estimate of drug-likeness (QED) is 0.558. The van der Waals surface area contributed by atoms with Crippen LogP contribution in [0.4, 0.5) is 0 Å². The summed E-state index contributed by atoms with van der Waals surface area (Å²) in [7, 11) is 2.10. The Morgan fingerprint density at radius 2 is 2.23 bits per heavy atom. The van der Waals surface area contributed by atoms with E-state index in [4.69, 9.17) is 0 Å². The Labute approximate surface area is 80.0 Å². The predicted octanol–water partition coefficient (Wildman–Crippen LogP) is 0.725. The van der Waals surface area contributed by atoms with Gasteiger partial charge in [-0.2, -0.15) is 0 Å². The monoisotopic (exact) mass is 182 g/mol. The Bertz CT molecular complexity index is 203. The van der Waals surface area contributed by atoms with E-state index in [1.165, 1.54) is 6.08 Å². The zero-order valence-electron chi connectivity index (χ0n) is 8.49. The standard InChI is InChI=1S/C10H18N2O/c1-4-10(13)12-7-5-6-11(3)8-9(12)2/h4,9H,1,5-8H2,2-3H3/t9-/m1/s1. The van der Waals surface area contributed by atoms with Crippen LogP contribution in [0, 0.1) is 0 Å². The summed E-state index contributed by atoms with van der Waals surface area (Å²) in [6, 6.07) is 0.304. The summed E-state index contributed by atoms with van der Waals surface area (Å²) >= 11 is 0. The van der Waals surface area contributed by atoms with E-state index in [0.717, 1.165) is 26.1 Å². The van der Waals surface area contributed by atoms with Crippen LogP contribution < -0.4 is 0 Å². The molecule has 0 saturated carbocycles. The molecule has 0 aliphatic carbocycles. The minimum atomic E-state index is 0.0581. The number of likely N-dealkylation sites (N-methyl/N-ethyl adjacent to an activating group) is 1. The average Bonchev–Trinajstić information content (AvgIpc) is 2.25. The lowest BCUT2D eigenvalue weighted by Crippen LogP contribution is -2.41. The van der Waals surface area contributed by atoms with E-state index in [-0.39, 0.29) is 5.91 Å². The maximum Gasteiger partial charge on any atom is 0.246 e. The Kier molecular flexibility index (Phi) is 3.48. The highest BCUT2D eigenvalue weighted by atomic mass is 16.2. The summed E-state index contributed by atoms with van der Waals surface area (Å²) in [5.74, 6) is 0.0581. The van der Waals surface area contributed by atoms with Crippen LogP contribution in [-0.2, 0) is 4.79 Å². The molecule has 1 amide bonds. The van der Waals surface area contributed by atoms with Crippen LogP contribution in [0.3, 0.4) is 0 Å². The van der Waals surface area contributed by atoms with Gasteiger partial charge in [0.05, 0.1) is 0 Å². The zero-order chi connectivity index (χ0) is 9.84. The summed E-state index contributed by atoms with van der Waals surface area (Å²) in [6.07, 6.45) is 2.46. The molecule has 0 aromatic rings. The van der Waals surface area contributed by atoms with Crippen LogP contribution in [-0.4, -0.2) is 48.4 Å². The van der Waals surface area contributed by atoms with Gasteiger partial charge in [0, 0.05) is 19.1 Å². The highest BCUT2D eigenvalue weighted by Gasteiger charge is 2.21. The topological polar surface area (TPSA) is 23.6 Å². The Morgan fingerprint density at radius 3 is 2.85 bits per heavy atom. The van der Waals surface area contributed by atoms with Crippen molar-refractivity contribution in [2.75, 3.05) is 26.7 Å². The lowest BCUT2D eigenvalue weighted by Gasteiger charge is -2.26. The van der Waals surface area contributed by atoms with E-state index in [2.05, 4.69) is 25.5 Å². The minimum Gasteiger partial charge on any atom is -0.335 e. The molecule has 74 valence electrons. The fourth-order valence-corrected chi connectivity index (χ4v) is 1.82. The smallest absolute Gasteiger partial charge is 0.246 e. The molecule has 1 heterocycles. The highest BCUT2D eigenvalue weighted by Crippen LogP contribution is 2.08. The van der Waals surface area contributed by atoms with E-state index in [9.17, 15) is 4.79 Å². The van der Waals surface area contributed by atoms with Gasteiger partial charge in [-0.05, 0) is 33.0 Å². The minimum absolute atomic E-state index is 0.0581. The van der Waals surface area contributed by atoms with Gasteiger partial charge in [0.2, 0.25) is 5.91 Å². The number of amides is 1. The number of carbonyl (C=O) groups is 1. The molecule has 0 unspecified atom stereocenters. The molecule has 0 aromatic heterocycles. The molecule has 1 rings (SSSR count). The van der Waals surface area contributed by atoms with Crippen molar-refractivity contribution in [3.63, 3.8) is 0 Å².